The molecule has 5 atom stereocenters. The number of carboxylic acids is 1. The third-order valence-corrected chi connectivity index (χ3v) is 3.51. The highest BCUT2D eigenvalue weighted by atomic mass is 16.7. The lowest BCUT2D eigenvalue weighted by Crippen LogP contribution is -2.61. The van der Waals surface area contributed by atoms with Gasteiger partial charge in [0.25, 0.3) is 0 Å². The van der Waals surface area contributed by atoms with E-state index in [1.54, 1.807) is 6.07 Å². The maximum atomic E-state index is 11.0. The van der Waals surface area contributed by atoms with Gasteiger partial charge in [0.2, 0.25) is 6.29 Å². The molecule has 0 aliphatic carbocycles. The van der Waals surface area contributed by atoms with Gasteiger partial charge in [-0.2, -0.15) is 0 Å². The molecule has 0 amide bonds. The van der Waals surface area contributed by atoms with Crippen LogP contribution in [0.25, 0.3) is 0 Å². The summed E-state index contributed by atoms with van der Waals surface area (Å²) in [7, 11) is 0. The maximum absolute atomic E-state index is 11.0. The van der Waals surface area contributed by atoms with Crippen LogP contribution in [-0.2, 0) is 16.0 Å². The molecule has 1 heterocycles. The van der Waals surface area contributed by atoms with Gasteiger partial charge in [0.15, 0.2) is 17.6 Å². The number of carboxylic acid groups (broad SMARTS) is 1. The Hall–Kier alpha value is -1.91. The summed E-state index contributed by atoms with van der Waals surface area (Å²) in [5, 5.41) is 48.0. The number of ether oxygens (including phenoxy) is 2. The van der Waals surface area contributed by atoms with Crippen molar-refractivity contribution < 1.29 is 39.8 Å². The predicted octanol–water partition coefficient (Wildman–Crippen LogP) is -1.84. The largest absolute Gasteiger partial charge is 0.504 e. The number of aromatic hydroxyl groups is 1. The molecule has 1 aliphatic rings. The average molecular weight is 329 g/mol. The average Bonchev–Trinajstić information content (AvgIpc) is 2.50. The summed E-state index contributed by atoms with van der Waals surface area (Å²) in [5.41, 5.74) is 6.20. The molecule has 9 heteroatoms. The number of aliphatic hydroxyl groups excluding tert-OH is 3. The first-order valence-electron chi connectivity index (χ1n) is 6.96. The highest BCUT2D eigenvalue weighted by Crippen LogP contribution is 2.31. The van der Waals surface area contributed by atoms with Crippen LogP contribution in [0.5, 0.6) is 11.5 Å². The summed E-state index contributed by atoms with van der Waals surface area (Å²) in [4.78, 5) is 11.0. The summed E-state index contributed by atoms with van der Waals surface area (Å²) in [6.07, 6.45) is -8.10. The van der Waals surface area contributed by atoms with Gasteiger partial charge in [-0.05, 0) is 30.7 Å². The van der Waals surface area contributed by atoms with Crippen LogP contribution in [0.2, 0.25) is 0 Å². The van der Waals surface area contributed by atoms with Crippen LogP contribution in [0.15, 0.2) is 18.2 Å². The monoisotopic (exact) mass is 329 g/mol. The summed E-state index contributed by atoms with van der Waals surface area (Å²) in [6, 6.07) is 4.45. The highest BCUT2D eigenvalue weighted by molar-refractivity contribution is 5.73. The molecular weight excluding hydrogens is 310 g/mol. The number of aliphatic carboxylic acids is 1. The van der Waals surface area contributed by atoms with Crippen LogP contribution in [0.3, 0.4) is 0 Å². The van der Waals surface area contributed by atoms with Crippen LogP contribution >= 0.6 is 0 Å². The van der Waals surface area contributed by atoms with Crippen LogP contribution in [0.4, 0.5) is 0 Å². The van der Waals surface area contributed by atoms with Crippen molar-refractivity contribution in [2.24, 2.45) is 5.73 Å². The smallest absolute Gasteiger partial charge is 0.335 e. The number of nitrogens with two attached hydrogens (primary N) is 1. The first-order chi connectivity index (χ1) is 10.8. The minimum Gasteiger partial charge on any atom is -0.504 e. The highest BCUT2D eigenvalue weighted by Gasteiger charge is 2.48. The van der Waals surface area contributed by atoms with E-state index in [0.29, 0.717) is 13.0 Å². The molecule has 1 unspecified atom stereocenters. The molecule has 1 saturated heterocycles. The van der Waals surface area contributed by atoms with Gasteiger partial charge in [0.1, 0.15) is 18.3 Å². The van der Waals surface area contributed by atoms with Crippen molar-refractivity contribution in [3.63, 3.8) is 0 Å². The van der Waals surface area contributed by atoms with Crippen molar-refractivity contribution in [1.29, 1.82) is 0 Å². The van der Waals surface area contributed by atoms with Crippen molar-refractivity contribution >= 4 is 5.97 Å². The van der Waals surface area contributed by atoms with E-state index < -0.39 is 36.7 Å². The second-order valence-corrected chi connectivity index (χ2v) is 5.19. The number of hydrogen-bond donors (Lipinski definition) is 6. The fourth-order valence-electron chi connectivity index (χ4n) is 2.25. The lowest BCUT2D eigenvalue weighted by molar-refractivity contribution is -0.271. The van der Waals surface area contributed by atoms with E-state index in [1.165, 1.54) is 12.1 Å². The second-order valence-electron chi connectivity index (χ2n) is 5.19. The number of carbonyl (C=O) groups is 1. The van der Waals surface area contributed by atoms with Crippen molar-refractivity contribution in [1.82, 2.24) is 0 Å². The van der Waals surface area contributed by atoms with Crippen molar-refractivity contribution in [2.45, 2.75) is 37.1 Å². The zero-order valence-electron chi connectivity index (χ0n) is 12.1. The number of hydrogen-bond acceptors (Lipinski definition) is 8. The Labute approximate surface area is 131 Å². The van der Waals surface area contributed by atoms with Crippen molar-refractivity contribution in [3.05, 3.63) is 23.8 Å². The molecule has 1 aliphatic heterocycles. The lowest BCUT2D eigenvalue weighted by Gasteiger charge is -2.38. The summed E-state index contributed by atoms with van der Waals surface area (Å²) >= 11 is 0. The van der Waals surface area contributed by atoms with Gasteiger partial charge < -0.3 is 40.7 Å². The van der Waals surface area contributed by atoms with E-state index in [2.05, 4.69) is 0 Å². The van der Waals surface area contributed by atoms with E-state index in [1.807, 2.05) is 0 Å². The van der Waals surface area contributed by atoms with Gasteiger partial charge in [0.05, 0.1) is 0 Å². The fraction of sp³-hybridized carbons (Fsp3) is 0.500. The molecule has 0 radical (unpaired) electrons. The molecule has 0 saturated carbocycles. The second kappa shape index (κ2) is 7.11. The van der Waals surface area contributed by atoms with Crippen LogP contribution in [0, 0.1) is 0 Å². The standard InChI is InChI=1S/C14H19NO8/c15-4-3-6-1-2-7(16)8(5-6)22-14-11(19)9(17)10(18)12(23-14)13(20)21/h1-2,5,9-12,14,16-19H,3-4,15H2,(H,20,21)/t9-,10-,11+,12-,14?/m0/s1. The van der Waals surface area contributed by atoms with Crippen LogP contribution in [-0.4, -0.2) is 68.8 Å². The Balaban J connectivity index is 2.21. The molecule has 1 aromatic carbocycles. The van der Waals surface area contributed by atoms with Gasteiger partial charge in [0, 0.05) is 0 Å². The van der Waals surface area contributed by atoms with E-state index >= 15 is 0 Å². The van der Waals surface area contributed by atoms with Crippen LogP contribution in [0.1, 0.15) is 5.56 Å². The number of phenols is 1. The summed E-state index contributed by atoms with van der Waals surface area (Å²) in [6.45, 7) is 0.374. The van der Waals surface area contributed by atoms with Crippen LogP contribution < -0.4 is 10.5 Å². The molecule has 2 rings (SSSR count). The summed E-state index contributed by atoms with van der Waals surface area (Å²) in [5.74, 6) is -1.83. The molecule has 9 nitrogen and oxygen atoms in total. The number of phenolic OH excluding ortho intramolecular Hbond substituents is 1. The van der Waals surface area contributed by atoms with E-state index in [4.69, 9.17) is 20.3 Å². The molecule has 23 heavy (non-hydrogen) atoms. The van der Waals surface area contributed by atoms with E-state index in [0.717, 1.165) is 5.56 Å². The molecule has 0 spiro atoms. The molecule has 128 valence electrons. The summed E-state index contributed by atoms with van der Waals surface area (Å²) < 4.78 is 10.3. The Kier molecular flexibility index (Phi) is 5.39. The van der Waals surface area contributed by atoms with Crippen molar-refractivity contribution in [3.8, 4) is 11.5 Å². The van der Waals surface area contributed by atoms with Gasteiger partial charge >= 0.3 is 5.97 Å². The van der Waals surface area contributed by atoms with Crippen molar-refractivity contribution in [2.75, 3.05) is 6.54 Å². The third kappa shape index (κ3) is 3.71. The third-order valence-electron chi connectivity index (χ3n) is 3.51. The predicted molar refractivity (Wildman–Crippen MR) is 75.8 cm³/mol. The quantitative estimate of drug-likeness (QED) is 0.364. The number of benzene rings is 1. The minimum absolute atomic E-state index is 0.0623. The Bertz CT molecular complexity index is 566. The van der Waals surface area contributed by atoms with Gasteiger partial charge in [-0.25, -0.2) is 4.79 Å². The zero-order valence-corrected chi connectivity index (χ0v) is 12.1. The Morgan fingerprint density at radius 2 is 1.91 bits per heavy atom. The SMILES string of the molecule is NCCc1ccc(O)c(OC2O[C@H](C(=O)O)[C@@H](O)[C@H](O)[C@H]2O)c1. The maximum Gasteiger partial charge on any atom is 0.335 e. The van der Waals surface area contributed by atoms with E-state index in [-0.39, 0.29) is 11.5 Å². The lowest BCUT2D eigenvalue weighted by atomic mass is 9.99. The number of aliphatic hydroxyl groups is 3. The molecular formula is C14H19NO8. The molecule has 0 bridgehead atoms. The first kappa shape index (κ1) is 17.4. The van der Waals surface area contributed by atoms with Gasteiger partial charge in [-0.15, -0.1) is 0 Å². The van der Waals surface area contributed by atoms with Gasteiger partial charge in [-0.1, -0.05) is 6.07 Å². The molecule has 1 fully saturated rings. The molecule has 0 aromatic heterocycles. The number of rotatable bonds is 5. The van der Waals surface area contributed by atoms with Gasteiger partial charge in [-0.3, -0.25) is 0 Å². The topological polar surface area (TPSA) is 163 Å². The normalized spacial score (nSPS) is 30.9. The molecule has 1 aromatic rings. The molecule has 7 N–H and O–H groups in total. The van der Waals surface area contributed by atoms with E-state index in [9.17, 15) is 25.2 Å². The fourth-order valence-corrected chi connectivity index (χ4v) is 2.25. The zero-order chi connectivity index (χ0) is 17.1. The Morgan fingerprint density at radius 3 is 2.52 bits per heavy atom. The minimum atomic E-state index is -1.81. The Morgan fingerprint density at radius 1 is 1.22 bits per heavy atom. The first-order valence-corrected chi connectivity index (χ1v) is 6.96.